The van der Waals surface area contributed by atoms with Crippen molar-refractivity contribution in [3.63, 3.8) is 0 Å². The molecule has 170 valence electrons. The molecule has 0 bridgehead atoms. The second-order valence-corrected chi connectivity index (χ2v) is 7.80. The van der Waals surface area contributed by atoms with E-state index in [0.29, 0.717) is 5.69 Å². The molecule has 4 aromatic rings. The Bertz CT molecular complexity index is 1690. The molecule has 4 rings (SSSR count). The highest BCUT2D eigenvalue weighted by atomic mass is 32.1. The summed E-state index contributed by atoms with van der Waals surface area (Å²) in [7, 11) is 4.47. The van der Waals surface area contributed by atoms with Crippen molar-refractivity contribution in [3.05, 3.63) is 71.4 Å². The lowest BCUT2D eigenvalue weighted by Crippen LogP contribution is -2.37. The maximum absolute atomic E-state index is 12.5. The number of benzene rings is 1. The third-order valence-electron chi connectivity index (χ3n) is 5.21. The fourth-order valence-corrected chi connectivity index (χ4v) is 3.72. The van der Waals surface area contributed by atoms with E-state index in [4.69, 9.17) is 12.2 Å². The number of rotatable bonds is 4. The van der Waals surface area contributed by atoms with Crippen LogP contribution < -0.4 is 22.2 Å². The largest absolute Gasteiger partial charge is 0.494 e. The molecular formula is C20H20N8O4S. The number of aromatic hydroxyl groups is 1. The Hall–Kier alpha value is -4.26. The molecule has 0 fully saturated rings. The molecule has 3 N–H and O–H groups in total. The quantitative estimate of drug-likeness (QED) is 0.226. The van der Waals surface area contributed by atoms with Gasteiger partial charge < -0.3 is 9.67 Å². The molecular weight excluding hydrogens is 448 g/mol. The highest BCUT2D eigenvalue weighted by Gasteiger charge is 2.17. The predicted octanol–water partition coefficient (Wildman–Crippen LogP) is 0.639. The van der Waals surface area contributed by atoms with Crippen molar-refractivity contribution in [3.8, 4) is 11.6 Å². The molecule has 0 saturated carbocycles. The summed E-state index contributed by atoms with van der Waals surface area (Å²) in [4.78, 5) is 43.8. The Labute approximate surface area is 190 Å². The number of anilines is 1. The maximum atomic E-state index is 12.5. The van der Waals surface area contributed by atoms with Crippen LogP contribution in [0.3, 0.4) is 0 Å². The van der Waals surface area contributed by atoms with Gasteiger partial charge in [0, 0.05) is 21.1 Å². The number of hydrogen-bond acceptors (Lipinski definition) is 8. The van der Waals surface area contributed by atoms with E-state index in [9.17, 15) is 19.5 Å². The lowest BCUT2D eigenvalue weighted by atomic mass is 10.2. The first kappa shape index (κ1) is 22.0. The van der Waals surface area contributed by atoms with Gasteiger partial charge in [-0.1, -0.05) is 12.1 Å². The molecule has 0 saturated heterocycles. The summed E-state index contributed by atoms with van der Waals surface area (Å²) in [5.74, 6) is -0.233. The topological polar surface area (TPSA) is 144 Å². The lowest BCUT2D eigenvalue weighted by Gasteiger charge is -2.11. The van der Waals surface area contributed by atoms with Crippen LogP contribution in [0.25, 0.3) is 16.9 Å². The van der Waals surface area contributed by atoms with Gasteiger partial charge in [0.25, 0.3) is 11.1 Å². The van der Waals surface area contributed by atoms with Gasteiger partial charge >= 0.3 is 5.69 Å². The highest BCUT2D eigenvalue weighted by molar-refractivity contribution is 7.71. The number of nitrogens with one attached hydrogen (secondary N) is 2. The molecule has 0 radical (unpaired) electrons. The van der Waals surface area contributed by atoms with Gasteiger partial charge in [-0.2, -0.15) is 10.1 Å². The monoisotopic (exact) mass is 468 g/mol. The molecule has 0 amide bonds. The van der Waals surface area contributed by atoms with E-state index in [-0.39, 0.29) is 33.3 Å². The van der Waals surface area contributed by atoms with Crippen LogP contribution in [0.15, 0.2) is 43.8 Å². The fourth-order valence-electron chi connectivity index (χ4n) is 3.43. The Morgan fingerprint density at radius 1 is 1.15 bits per heavy atom. The zero-order valence-corrected chi connectivity index (χ0v) is 19.0. The van der Waals surface area contributed by atoms with Gasteiger partial charge in [-0.25, -0.2) is 10.2 Å². The Morgan fingerprint density at radius 3 is 2.58 bits per heavy atom. The number of imidazole rings is 1. The number of hydrazone groups is 1. The molecule has 0 aliphatic heterocycles. The first-order valence-corrected chi connectivity index (χ1v) is 10.1. The summed E-state index contributed by atoms with van der Waals surface area (Å²) < 4.78 is 5.02. The van der Waals surface area contributed by atoms with Crippen LogP contribution in [-0.4, -0.2) is 39.6 Å². The number of nitrogens with zero attached hydrogens (tertiary/aromatic N) is 6. The molecule has 0 spiro atoms. The van der Waals surface area contributed by atoms with Crippen LogP contribution in [0, 0.1) is 11.7 Å². The SMILES string of the molecule is Cc1cccc(-n2c(O)c(/C=N/Nc3nc4c(c(=O)n(C)c(=O)n4C)n3C)c(=O)[nH]c2=S)c1. The second kappa shape index (κ2) is 8.02. The highest BCUT2D eigenvalue weighted by Crippen LogP contribution is 2.19. The molecule has 0 aliphatic rings. The molecule has 3 aromatic heterocycles. The third kappa shape index (κ3) is 3.57. The van der Waals surface area contributed by atoms with Crippen molar-refractivity contribution in [1.29, 1.82) is 0 Å². The minimum absolute atomic E-state index is 0.0281. The van der Waals surface area contributed by atoms with E-state index in [1.807, 2.05) is 13.0 Å². The summed E-state index contributed by atoms with van der Waals surface area (Å²) in [5, 5.41) is 14.7. The van der Waals surface area contributed by atoms with Crippen LogP contribution in [0.1, 0.15) is 11.1 Å². The normalized spacial score (nSPS) is 11.5. The molecule has 3 heterocycles. The number of fused-ring (bicyclic) bond motifs is 1. The number of hydrogen-bond donors (Lipinski definition) is 3. The fraction of sp³-hybridized carbons (Fsp3) is 0.200. The number of H-pyrrole nitrogens is 1. The summed E-state index contributed by atoms with van der Waals surface area (Å²) in [6.07, 6.45) is 1.12. The molecule has 0 atom stereocenters. The second-order valence-electron chi connectivity index (χ2n) is 7.41. The van der Waals surface area contributed by atoms with Crippen LogP contribution in [0.5, 0.6) is 5.88 Å². The van der Waals surface area contributed by atoms with Crippen molar-refractivity contribution >= 4 is 35.5 Å². The van der Waals surface area contributed by atoms with E-state index in [1.165, 1.54) is 27.8 Å². The molecule has 33 heavy (non-hydrogen) atoms. The standard InChI is InChI=1S/C20H20N8O4S/c1-10-6-5-7-11(8-10)28-16(30)12(15(29)23-19(28)33)9-21-24-18-22-14-13(25(18)2)17(31)27(4)20(32)26(14)3/h5-9,30H,1-4H3,(H,22,24)(H,23,29,33)/b21-9+. The van der Waals surface area contributed by atoms with Crippen LogP contribution in [0.4, 0.5) is 5.95 Å². The minimum Gasteiger partial charge on any atom is -0.494 e. The van der Waals surface area contributed by atoms with E-state index in [1.54, 1.807) is 25.2 Å². The van der Waals surface area contributed by atoms with Crippen LogP contribution in [-0.2, 0) is 21.1 Å². The summed E-state index contributed by atoms with van der Waals surface area (Å²) in [6.45, 7) is 1.89. The number of aromatic nitrogens is 6. The summed E-state index contributed by atoms with van der Waals surface area (Å²) >= 11 is 5.21. The van der Waals surface area contributed by atoms with Crippen molar-refractivity contribution in [2.24, 2.45) is 26.2 Å². The van der Waals surface area contributed by atoms with Crippen LogP contribution in [0.2, 0.25) is 0 Å². The van der Waals surface area contributed by atoms with E-state index in [0.717, 1.165) is 16.3 Å². The van der Waals surface area contributed by atoms with E-state index >= 15 is 0 Å². The van der Waals surface area contributed by atoms with E-state index in [2.05, 4.69) is 20.5 Å². The lowest BCUT2D eigenvalue weighted by molar-refractivity contribution is 0.432. The maximum Gasteiger partial charge on any atom is 0.332 e. The number of aryl methyl sites for hydroxylation is 3. The molecule has 0 aliphatic carbocycles. The molecule has 13 heteroatoms. The van der Waals surface area contributed by atoms with E-state index < -0.39 is 16.8 Å². The van der Waals surface area contributed by atoms with Crippen molar-refractivity contribution in [1.82, 2.24) is 28.2 Å². The van der Waals surface area contributed by atoms with Gasteiger partial charge in [0.15, 0.2) is 15.9 Å². The van der Waals surface area contributed by atoms with Crippen LogP contribution >= 0.6 is 12.2 Å². The summed E-state index contributed by atoms with van der Waals surface area (Å²) in [6, 6.07) is 7.24. The molecule has 1 aromatic carbocycles. The van der Waals surface area contributed by atoms with Gasteiger partial charge in [-0.3, -0.25) is 28.3 Å². The average molecular weight is 468 g/mol. The third-order valence-corrected chi connectivity index (χ3v) is 5.50. The van der Waals surface area contributed by atoms with Gasteiger partial charge in [0.05, 0.1) is 11.9 Å². The smallest absolute Gasteiger partial charge is 0.332 e. The van der Waals surface area contributed by atoms with Crippen molar-refractivity contribution < 1.29 is 5.11 Å². The molecule has 0 unspecified atom stereocenters. The summed E-state index contributed by atoms with van der Waals surface area (Å²) in [5.41, 5.74) is 2.75. The van der Waals surface area contributed by atoms with Gasteiger partial charge in [-0.05, 0) is 36.8 Å². The molecule has 12 nitrogen and oxygen atoms in total. The van der Waals surface area contributed by atoms with Gasteiger partial charge in [0.1, 0.15) is 5.56 Å². The zero-order chi connectivity index (χ0) is 24.0. The van der Waals surface area contributed by atoms with Crippen molar-refractivity contribution in [2.75, 3.05) is 5.43 Å². The Morgan fingerprint density at radius 2 is 1.88 bits per heavy atom. The predicted molar refractivity (Wildman–Crippen MR) is 126 cm³/mol. The average Bonchev–Trinajstić information content (AvgIpc) is 3.09. The first-order valence-electron chi connectivity index (χ1n) is 9.68. The first-order chi connectivity index (χ1) is 15.6. The van der Waals surface area contributed by atoms with Gasteiger partial charge in [0.2, 0.25) is 11.8 Å². The zero-order valence-electron chi connectivity index (χ0n) is 18.2. The minimum atomic E-state index is -0.631. The Kier molecular flexibility index (Phi) is 5.33. The van der Waals surface area contributed by atoms with Gasteiger partial charge in [-0.15, -0.1) is 0 Å². The van der Waals surface area contributed by atoms with Crippen molar-refractivity contribution in [2.45, 2.75) is 6.92 Å². The Balaban J connectivity index is 1.77. The number of aromatic amines is 1.